The number of carbonyl (C=O) groups is 1. The Balaban J connectivity index is 2.27. The van der Waals surface area contributed by atoms with Gasteiger partial charge in [-0.1, -0.05) is 23.2 Å². The maximum Gasteiger partial charge on any atom is 0.323 e. The number of nitrogens with two attached hydrogens (primary N) is 1. The highest BCUT2D eigenvalue weighted by Crippen LogP contribution is 2.32. The number of benzene rings is 2. The van der Waals surface area contributed by atoms with Crippen molar-refractivity contribution in [2.75, 3.05) is 16.4 Å². The van der Waals surface area contributed by atoms with Gasteiger partial charge in [-0.15, -0.1) is 0 Å². The summed E-state index contributed by atoms with van der Waals surface area (Å²) in [6, 6.07) is 5.04. The summed E-state index contributed by atoms with van der Waals surface area (Å²) in [6.45, 7) is 0. The van der Waals surface area contributed by atoms with Crippen LogP contribution in [0.15, 0.2) is 30.3 Å². The topological polar surface area (TPSA) is 110 Å². The number of hydrogen-bond acceptors (Lipinski definition) is 4. The van der Waals surface area contributed by atoms with Crippen molar-refractivity contribution in [3.63, 3.8) is 0 Å². The molecule has 0 bridgehead atoms. The summed E-state index contributed by atoms with van der Waals surface area (Å²) in [5, 5.41) is 16.0. The van der Waals surface area contributed by atoms with Crippen LogP contribution in [0, 0.1) is 15.9 Å². The standard InChI is InChI=1S/C13H9Cl2FN4O3/c14-6-1-2-8(15)10(3-6)18-13(21)19-12-9(17)4-7(16)5-11(12)20(22)23/h1-5H,17H2,(H2,18,19,21). The summed E-state index contributed by atoms with van der Waals surface area (Å²) in [5.74, 6) is -0.891. The molecule has 23 heavy (non-hydrogen) atoms. The molecule has 0 aromatic heterocycles. The zero-order valence-electron chi connectivity index (χ0n) is 11.3. The van der Waals surface area contributed by atoms with Crippen molar-refractivity contribution in [1.29, 1.82) is 0 Å². The van der Waals surface area contributed by atoms with Crippen LogP contribution in [0.1, 0.15) is 0 Å². The number of urea groups is 1. The first kappa shape index (κ1) is 16.8. The number of hydrogen-bond donors (Lipinski definition) is 3. The first-order chi connectivity index (χ1) is 10.8. The summed E-state index contributed by atoms with van der Waals surface area (Å²) >= 11 is 11.7. The Morgan fingerprint density at radius 3 is 2.57 bits per heavy atom. The van der Waals surface area contributed by atoms with Crippen LogP contribution in [0.2, 0.25) is 10.0 Å². The molecule has 10 heteroatoms. The van der Waals surface area contributed by atoms with Crippen molar-refractivity contribution in [3.8, 4) is 0 Å². The molecular formula is C13H9Cl2FN4O3. The SMILES string of the molecule is Nc1cc(F)cc([N+](=O)[O-])c1NC(=O)Nc1cc(Cl)ccc1Cl. The lowest BCUT2D eigenvalue weighted by Crippen LogP contribution is -2.21. The first-order valence-electron chi connectivity index (χ1n) is 6.04. The molecule has 2 aromatic rings. The highest BCUT2D eigenvalue weighted by molar-refractivity contribution is 6.35. The van der Waals surface area contributed by atoms with E-state index in [4.69, 9.17) is 28.9 Å². The van der Waals surface area contributed by atoms with E-state index in [1.54, 1.807) is 0 Å². The monoisotopic (exact) mass is 358 g/mol. The van der Waals surface area contributed by atoms with E-state index in [2.05, 4.69) is 10.6 Å². The maximum absolute atomic E-state index is 13.2. The third-order valence-corrected chi connectivity index (χ3v) is 3.29. The lowest BCUT2D eigenvalue weighted by Gasteiger charge is -2.11. The molecule has 0 heterocycles. The minimum Gasteiger partial charge on any atom is -0.397 e. The van der Waals surface area contributed by atoms with Gasteiger partial charge < -0.3 is 16.4 Å². The maximum atomic E-state index is 13.2. The second kappa shape index (κ2) is 6.67. The highest BCUT2D eigenvalue weighted by Gasteiger charge is 2.21. The Labute approximate surface area is 139 Å². The third kappa shape index (κ3) is 3.99. The number of rotatable bonds is 3. The molecule has 120 valence electrons. The van der Waals surface area contributed by atoms with E-state index in [0.717, 1.165) is 6.07 Å². The number of amides is 2. The number of nitro benzene ring substituents is 1. The molecule has 7 nitrogen and oxygen atoms in total. The largest absolute Gasteiger partial charge is 0.397 e. The van der Waals surface area contributed by atoms with Gasteiger partial charge in [0.2, 0.25) is 0 Å². The van der Waals surface area contributed by atoms with E-state index in [9.17, 15) is 19.3 Å². The Morgan fingerprint density at radius 1 is 1.22 bits per heavy atom. The van der Waals surface area contributed by atoms with Crippen molar-refractivity contribution < 1.29 is 14.1 Å². The van der Waals surface area contributed by atoms with Gasteiger partial charge in [0.1, 0.15) is 11.5 Å². The summed E-state index contributed by atoms with van der Waals surface area (Å²) in [7, 11) is 0. The van der Waals surface area contributed by atoms with Crippen LogP contribution >= 0.6 is 23.2 Å². The van der Waals surface area contributed by atoms with Crippen molar-refractivity contribution in [2.45, 2.75) is 0 Å². The molecule has 2 amide bonds. The van der Waals surface area contributed by atoms with E-state index in [1.165, 1.54) is 18.2 Å². The minimum absolute atomic E-state index is 0.194. The first-order valence-corrected chi connectivity index (χ1v) is 6.80. The summed E-state index contributed by atoms with van der Waals surface area (Å²) in [5.41, 5.74) is 4.43. The minimum atomic E-state index is -0.891. The number of nitrogens with one attached hydrogen (secondary N) is 2. The molecule has 2 aromatic carbocycles. The van der Waals surface area contributed by atoms with Gasteiger partial charge in [-0.25, -0.2) is 9.18 Å². The average molecular weight is 359 g/mol. The number of nitrogens with zero attached hydrogens (tertiary/aromatic N) is 1. The molecule has 0 aliphatic heterocycles. The summed E-state index contributed by atoms with van der Waals surface area (Å²) in [4.78, 5) is 22.0. The fraction of sp³-hybridized carbons (Fsp3) is 0. The van der Waals surface area contributed by atoms with Gasteiger partial charge >= 0.3 is 6.03 Å². The molecule has 0 aliphatic rings. The van der Waals surface area contributed by atoms with Crippen molar-refractivity contribution in [3.05, 3.63) is 56.3 Å². The van der Waals surface area contributed by atoms with Crippen LogP contribution in [0.5, 0.6) is 0 Å². The van der Waals surface area contributed by atoms with Crippen LogP contribution < -0.4 is 16.4 Å². The lowest BCUT2D eigenvalue weighted by atomic mass is 10.2. The van der Waals surface area contributed by atoms with Gasteiger partial charge in [0.25, 0.3) is 5.69 Å². The zero-order valence-corrected chi connectivity index (χ0v) is 12.8. The van der Waals surface area contributed by atoms with Gasteiger partial charge in [0, 0.05) is 5.02 Å². The van der Waals surface area contributed by atoms with Crippen LogP contribution in [0.25, 0.3) is 0 Å². The molecule has 4 N–H and O–H groups in total. The average Bonchev–Trinajstić information content (AvgIpc) is 2.45. The van der Waals surface area contributed by atoms with Crippen molar-refractivity contribution in [1.82, 2.24) is 0 Å². The van der Waals surface area contributed by atoms with Crippen molar-refractivity contribution >= 4 is 52.0 Å². The van der Waals surface area contributed by atoms with Crippen LogP contribution in [0.3, 0.4) is 0 Å². The second-order valence-corrected chi connectivity index (χ2v) is 5.19. The Hall–Kier alpha value is -2.58. The van der Waals surface area contributed by atoms with E-state index < -0.39 is 22.5 Å². The quantitative estimate of drug-likeness (QED) is 0.432. The predicted molar refractivity (Wildman–Crippen MR) is 86.6 cm³/mol. The van der Waals surface area contributed by atoms with Gasteiger partial charge in [-0.3, -0.25) is 10.1 Å². The normalized spacial score (nSPS) is 10.2. The van der Waals surface area contributed by atoms with Gasteiger partial charge in [-0.05, 0) is 24.3 Å². The number of carbonyl (C=O) groups excluding carboxylic acids is 1. The predicted octanol–water partition coefficient (Wildman–Crippen LogP) is 4.27. The Bertz CT molecular complexity index is 801. The summed E-state index contributed by atoms with van der Waals surface area (Å²) < 4.78 is 13.2. The molecular weight excluding hydrogens is 350 g/mol. The number of nitro groups is 1. The molecule has 0 atom stereocenters. The number of nitrogen functional groups attached to an aromatic ring is 1. The fourth-order valence-electron chi connectivity index (χ4n) is 1.75. The molecule has 0 fully saturated rings. The van der Waals surface area contributed by atoms with E-state index in [0.29, 0.717) is 11.1 Å². The van der Waals surface area contributed by atoms with E-state index in [-0.39, 0.29) is 22.1 Å². The number of anilines is 3. The Kier molecular flexibility index (Phi) is 4.87. The van der Waals surface area contributed by atoms with Crippen LogP contribution in [0.4, 0.5) is 31.9 Å². The van der Waals surface area contributed by atoms with Gasteiger partial charge in [0.05, 0.1) is 27.4 Å². The highest BCUT2D eigenvalue weighted by atomic mass is 35.5. The molecule has 0 saturated heterocycles. The number of halogens is 3. The molecule has 0 spiro atoms. The second-order valence-electron chi connectivity index (χ2n) is 4.35. The van der Waals surface area contributed by atoms with Crippen LogP contribution in [-0.2, 0) is 0 Å². The van der Waals surface area contributed by atoms with Gasteiger partial charge in [-0.2, -0.15) is 0 Å². The molecule has 0 radical (unpaired) electrons. The van der Waals surface area contributed by atoms with Crippen molar-refractivity contribution in [2.24, 2.45) is 0 Å². The lowest BCUT2D eigenvalue weighted by molar-refractivity contribution is -0.384. The summed E-state index contributed by atoms with van der Waals surface area (Å²) in [6.07, 6.45) is 0. The smallest absolute Gasteiger partial charge is 0.323 e. The Morgan fingerprint density at radius 2 is 1.91 bits per heavy atom. The van der Waals surface area contributed by atoms with E-state index >= 15 is 0 Å². The zero-order chi connectivity index (χ0) is 17.1. The van der Waals surface area contributed by atoms with Gasteiger partial charge in [0.15, 0.2) is 0 Å². The molecule has 0 aliphatic carbocycles. The fourth-order valence-corrected chi connectivity index (χ4v) is 2.09. The molecule has 0 unspecified atom stereocenters. The molecule has 2 rings (SSSR count). The van der Waals surface area contributed by atoms with Crippen LogP contribution in [-0.4, -0.2) is 11.0 Å². The van der Waals surface area contributed by atoms with E-state index in [1.807, 2.05) is 0 Å². The molecule has 0 saturated carbocycles. The third-order valence-electron chi connectivity index (χ3n) is 2.72.